The standard InChI is InChI=1S/C10H12N4O3/c15-9(16)3-1-2-5-14-10(17)13-6-4-11-7-8(13)12-14/h4,6-7H,1-3,5H2,(H,15,16). The van der Waals surface area contributed by atoms with Gasteiger partial charge in [-0.2, -0.15) is 0 Å². The van der Waals surface area contributed by atoms with Crippen LogP contribution < -0.4 is 5.69 Å². The molecule has 0 bridgehead atoms. The van der Waals surface area contributed by atoms with E-state index in [0.29, 0.717) is 25.0 Å². The van der Waals surface area contributed by atoms with Gasteiger partial charge in [-0.3, -0.25) is 9.78 Å². The van der Waals surface area contributed by atoms with E-state index in [1.54, 1.807) is 6.20 Å². The Bertz CT molecular complexity index is 586. The van der Waals surface area contributed by atoms with E-state index in [4.69, 9.17) is 5.11 Å². The van der Waals surface area contributed by atoms with Crippen LogP contribution in [0.4, 0.5) is 0 Å². The molecule has 0 spiro atoms. The molecule has 0 fully saturated rings. The highest BCUT2D eigenvalue weighted by molar-refractivity contribution is 5.66. The first-order valence-corrected chi connectivity index (χ1v) is 5.29. The summed E-state index contributed by atoms with van der Waals surface area (Å²) in [7, 11) is 0. The second-order valence-electron chi connectivity index (χ2n) is 3.66. The van der Waals surface area contributed by atoms with Crippen molar-refractivity contribution in [3.8, 4) is 0 Å². The van der Waals surface area contributed by atoms with Gasteiger partial charge in [0.25, 0.3) is 0 Å². The lowest BCUT2D eigenvalue weighted by Crippen LogP contribution is -2.21. The summed E-state index contributed by atoms with van der Waals surface area (Å²) in [6.07, 6.45) is 5.85. The smallest absolute Gasteiger partial charge is 0.350 e. The van der Waals surface area contributed by atoms with E-state index in [2.05, 4.69) is 10.1 Å². The van der Waals surface area contributed by atoms with Gasteiger partial charge in [-0.1, -0.05) is 0 Å². The lowest BCUT2D eigenvalue weighted by atomic mass is 10.2. The summed E-state index contributed by atoms with van der Waals surface area (Å²) in [5, 5.41) is 12.6. The van der Waals surface area contributed by atoms with Gasteiger partial charge in [0.05, 0.1) is 6.20 Å². The number of aromatic nitrogens is 4. The van der Waals surface area contributed by atoms with Crippen LogP contribution in [0.3, 0.4) is 0 Å². The molecule has 2 aromatic rings. The summed E-state index contributed by atoms with van der Waals surface area (Å²) < 4.78 is 2.74. The number of unbranched alkanes of at least 4 members (excludes halogenated alkanes) is 1. The van der Waals surface area contributed by atoms with E-state index >= 15 is 0 Å². The average Bonchev–Trinajstić information content (AvgIpc) is 2.63. The third-order valence-corrected chi connectivity index (χ3v) is 2.40. The number of aliphatic carboxylic acids is 1. The molecule has 0 aliphatic carbocycles. The fourth-order valence-corrected chi connectivity index (χ4v) is 1.56. The number of carboxylic acid groups (broad SMARTS) is 1. The fourth-order valence-electron chi connectivity index (χ4n) is 1.56. The van der Waals surface area contributed by atoms with Crippen molar-refractivity contribution in [2.75, 3.05) is 0 Å². The largest absolute Gasteiger partial charge is 0.481 e. The molecule has 0 radical (unpaired) electrons. The highest BCUT2D eigenvalue weighted by Crippen LogP contribution is 1.98. The van der Waals surface area contributed by atoms with Crippen molar-refractivity contribution in [1.29, 1.82) is 0 Å². The Labute approximate surface area is 96.3 Å². The molecular weight excluding hydrogens is 224 g/mol. The van der Waals surface area contributed by atoms with Gasteiger partial charge in [0, 0.05) is 25.4 Å². The first-order valence-electron chi connectivity index (χ1n) is 5.29. The van der Waals surface area contributed by atoms with Crippen molar-refractivity contribution in [1.82, 2.24) is 19.2 Å². The zero-order valence-corrected chi connectivity index (χ0v) is 9.11. The monoisotopic (exact) mass is 236 g/mol. The minimum Gasteiger partial charge on any atom is -0.481 e. The topological polar surface area (TPSA) is 89.5 Å². The molecule has 0 amide bonds. The predicted octanol–water partition coefficient (Wildman–Crippen LogP) is 0.146. The van der Waals surface area contributed by atoms with E-state index in [9.17, 15) is 9.59 Å². The Kier molecular flexibility index (Phi) is 3.17. The van der Waals surface area contributed by atoms with Crippen LogP contribution in [0.5, 0.6) is 0 Å². The normalized spacial score (nSPS) is 10.8. The second kappa shape index (κ2) is 4.77. The molecule has 7 nitrogen and oxygen atoms in total. The molecule has 0 aromatic carbocycles. The summed E-state index contributed by atoms with van der Waals surface area (Å²) >= 11 is 0. The van der Waals surface area contributed by atoms with E-state index in [1.807, 2.05) is 0 Å². The van der Waals surface area contributed by atoms with Gasteiger partial charge in [-0.05, 0) is 12.8 Å². The van der Waals surface area contributed by atoms with Crippen LogP contribution in [0.15, 0.2) is 23.4 Å². The fraction of sp³-hybridized carbons (Fsp3) is 0.400. The first kappa shape index (κ1) is 11.3. The van der Waals surface area contributed by atoms with Crippen molar-refractivity contribution < 1.29 is 9.90 Å². The lowest BCUT2D eigenvalue weighted by molar-refractivity contribution is -0.137. The second-order valence-corrected chi connectivity index (χ2v) is 3.66. The zero-order chi connectivity index (χ0) is 12.3. The molecule has 0 saturated carbocycles. The molecule has 2 heterocycles. The van der Waals surface area contributed by atoms with E-state index < -0.39 is 5.97 Å². The molecule has 1 N–H and O–H groups in total. The van der Waals surface area contributed by atoms with Crippen molar-refractivity contribution in [2.45, 2.75) is 25.8 Å². The molecule has 17 heavy (non-hydrogen) atoms. The molecule has 7 heteroatoms. The van der Waals surface area contributed by atoms with Gasteiger partial charge in [0.2, 0.25) is 0 Å². The Hall–Kier alpha value is -2.18. The Balaban J connectivity index is 2.06. The minimum atomic E-state index is -0.823. The van der Waals surface area contributed by atoms with Crippen LogP contribution in [0, 0.1) is 0 Å². The number of hydrogen-bond acceptors (Lipinski definition) is 4. The highest BCUT2D eigenvalue weighted by atomic mass is 16.4. The Morgan fingerprint density at radius 1 is 1.41 bits per heavy atom. The van der Waals surface area contributed by atoms with Crippen LogP contribution in [0.2, 0.25) is 0 Å². The lowest BCUT2D eigenvalue weighted by Gasteiger charge is -1.97. The van der Waals surface area contributed by atoms with Gasteiger partial charge >= 0.3 is 11.7 Å². The Morgan fingerprint density at radius 3 is 2.94 bits per heavy atom. The van der Waals surface area contributed by atoms with Gasteiger partial charge in [-0.15, -0.1) is 5.10 Å². The summed E-state index contributed by atoms with van der Waals surface area (Å²) in [6, 6.07) is 0. The predicted molar refractivity (Wildman–Crippen MR) is 58.7 cm³/mol. The maximum absolute atomic E-state index is 11.8. The molecule has 0 aliphatic heterocycles. The van der Waals surface area contributed by atoms with Crippen LogP contribution in [-0.4, -0.2) is 30.2 Å². The van der Waals surface area contributed by atoms with Gasteiger partial charge in [0.1, 0.15) is 0 Å². The van der Waals surface area contributed by atoms with Gasteiger partial charge < -0.3 is 5.11 Å². The number of rotatable bonds is 5. The summed E-state index contributed by atoms with van der Waals surface area (Å²) in [5.74, 6) is -0.823. The maximum atomic E-state index is 11.8. The average molecular weight is 236 g/mol. The third-order valence-electron chi connectivity index (χ3n) is 2.40. The number of fused-ring (bicyclic) bond motifs is 1. The molecule has 0 saturated heterocycles. The number of carboxylic acids is 1. The van der Waals surface area contributed by atoms with E-state index in [0.717, 1.165) is 0 Å². The summed E-state index contributed by atoms with van der Waals surface area (Å²) in [5.41, 5.74) is 0.272. The van der Waals surface area contributed by atoms with Gasteiger partial charge in [-0.25, -0.2) is 13.9 Å². The van der Waals surface area contributed by atoms with Crippen molar-refractivity contribution in [3.05, 3.63) is 29.1 Å². The van der Waals surface area contributed by atoms with Crippen LogP contribution in [0.25, 0.3) is 5.65 Å². The first-order chi connectivity index (χ1) is 8.18. The zero-order valence-electron chi connectivity index (χ0n) is 9.11. The van der Waals surface area contributed by atoms with Crippen LogP contribution in [0.1, 0.15) is 19.3 Å². The van der Waals surface area contributed by atoms with Gasteiger partial charge in [0.15, 0.2) is 5.65 Å². The molecule has 90 valence electrons. The SMILES string of the molecule is O=C(O)CCCCn1nc2cnccn2c1=O. The third kappa shape index (κ3) is 2.49. The number of nitrogens with zero attached hydrogens (tertiary/aromatic N) is 4. The van der Waals surface area contributed by atoms with Crippen molar-refractivity contribution in [2.24, 2.45) is 0 Å². The summed E-state index contributed by atoms with van der Waals surface area (Å²) in [4.78, 5) is 26.0. The molecule has 2 aromatic heterocycles. The quantitative estimate of drug-likeness (QED) is 0.746. The Morgan fingerprint density at radius 2 is 2.24 bits per heavy atom. The van der Waals surface area contributed by atoms with E-state index in [-0.39, 0.29) is 12.1 Å². The molecule has 0 atom stereocenters. The minimum absolute atomic E-state index is 0.115. The molecule has 2 rings (SSSR count). The maximum Gasteiger partial charge on any atom is 0.350 e. The van der Waals surface area contributed by atoms with Crippen molar-refractivity contribution in [3.63, 3.8) is 0 Å². The number of carbonyl (C=O) groups is 1. The van der Waals surface area contributed by atoms with Crippen LogP contribution in [-0.2, 0) is 11.3 Å². The van der Waals surface area contributed by atoms with Crippen molar-refractivity contribution >= 4 is 11.6 Å². The molecule has 0 unspecified atom stereocenters. The number of hydrogen-bond donors (Lipinski definition) is 1. The highest BCUT2D eigenvalue weighted by Gasteiger charge is 2.05. The summed E-state index contributed by atoms with van der Waals surface area (Å²) in [6.45, 7) is 0.424. The van der Waals surface area contributed by atoms with Crippen LogP contribution >= 0.6 is 0 Å². The molecular formula is C10H12N4O3. The van der Waals surface area contributed by atoms with E-state index in [1.165, 1.54) is 21.5 Å². The molecule has 0 aliphatic rings. The number of aryl methyl sites for hydroxylation is 1.